The maximum Gasteiger partial charge on any atom is 0.410 e. The topological polar surface area (TPSA) is 68.3 Å². The fraction of sp³-hybridized carbons (Fsp3) is 0.579. The zero-order valence-electron chi connectivity index (χ0n) is 15.7. The van der Waals surface area contributed by atoms with E-state index in [4.69, 9.17) is 14.2 Å². The van der Waals surface area contributed by atoms with E-state index in [2.05, 4.69) is 0 Å². The lowest BCUT2D eigenvalue weighted by Crippen LogP contribution is -2.49. The Morgan fingerprint density at radius 3 is 2.62 bits per heavy atom. The standard InChI is InChI=1S/C19H26N2O5/c1-19(2,3)26-18(23)21-10-9-13(11-21)20(4)17(22)16-12-24-14-7-5-6-8-15(14)25-16/h5-8,13,16H,9-12H2,1-4H3. The van der Waals surface area contributed by atoms with Gasteiger partial charge in [-0.15, -0.1) is 0 Å². The van der Waals surface area contributed by atoms with E-state index < -0.39 is 11.7 Å². The molecule has 7 nitrogen and oxygen atoms in total. The van der Waals surface area contributed by atoms with Crippen molar-refractivity contribution >= 4 is 12.0 Å². The Hall–Kier alpha value is -2.44. The molecule has 142 valence electrons. The van der Waals surface area contributed by atoms with Crippen molar-refractivity contribution in [1.29, 1.82) is 0 Å². The molecule has 0 saturated carbocycles. The first-order chi connectivity index (χ1) is 12.2. The van der Waals surface area contributed by atoms with Crippen LogP contribution in [0.25, 0.3) is 0 Å². The van der Waals surface area contributed by atoms with Gasteiger partial charge in [-0.3, -0.25) is 4.79 Å². The van der Waals surface area contributed by atoms with Gasteiger partial charge in [-0.05, 0) is 39.3 Å². The predicted octanol–water partition coefficient (Wildman–Crippen LogP) is 2.29. The van der Waals surface area contributed by atoms with Crippen molar-refractivity contribution in [3.8, 4) is 11.5 Å². The van der Waals surface area contributed by atoms with Crippen molar-refractivity contribution in [3.05, 3.63) is 24.3 Å². The second kappa shape index (κ2) is 7.05. The Kier molecular flexibility index (Phi) is 4.98. The maximum atomic E-state index is 12.8. The Morgan fingerprint density at radius 1 is 1.23 bits per heavy atom. The van der Waals surface area contributed by atoms with E-state index in [9.17, 15) is 9.59 Å². The van der Waals surface area contributed by atoms with Gasteiger partial charge in [0.25, 0.3) is 5.91 Å². The summed E-state index contributed by atoms with van der Waals surface area (Å²) in [5.41, 5.74) is -0.530. The Bertz CT molecular complexity index is 685. The Balaban J connectivity index is 1.57. The van der Waals surface area contributed by atoms with Crippen LogP contribution in [0.3, 0.4) is 0 Å². The van der Waals surface area contributed by atoms with Gasteiger partial charge >= 0.3 is 6.09 Å². The average molecular weight is 362 g/mol. The van der Waals surface area contributed by atoms with Crippen LogP contribution in [-0.2, 0) is 9.53 Å². The van der Waals surface area contributed by atoms with Gasteiger partial charge < -0.3 is 24.0 Å². The molecule has 0 aliphatic carbocycles. The maximum absolute atomic E-state index is 12.8. The highest BCUT2D eigenvalue weighted by atomic mass is 16.6. The van der Waals surface area contributed by atoms with Gasteiger partial charge in [0.15, 0.2) is 11.5 Å². The third kappa shape index (κ3) is 4.03. The number of benzene rings is 1. The molecule has 26 heavy (non-hydrogen) atoms. The fourth-order valence-electron chi connectivity index (χ4n) is 3.10. The highest BCUT2D eigenvalue weighted by Gasteiger charge is 2.37. The highest BCUT2D eigenvalue weighted by molar-refractivity contribution is 5.82. The molecule has 1 saturated heterocycles. The third-order valence-electron chi connectivity index (χ3n) is 4.49. The largest absolute Gasteiger partial charge is 0.485 e. The van der Waals surface area contributed by atoms with E-state index in [0.29, 0.717) is 31.0 Å². The van der Waals surface area contributed by atoms with E-state index >= 15 is 0 Å². The number of carbonyl (C=O) groups excluding carboxylic acids is 2. The van der Waals surface area contributed by atoms with Crippen LogP contribution in [0.2, 0.25) is 0 Å². The van der Waals surface area contributed by atoms with Gasteiger partial charge in [0.1, 0.15) is 12.2 Å². The number of nitrogens with zero attached hydrogens (tertiary/aromatic N) is 2. The molecular formula is C19H26N2O5. The van der Waals surface area contributed by atoms with Crippen LogP contribution in [0.4, 0.5) is 4.79 Å². The first-order valence-electron chi connectivity index (χ1n) is 8.87. The molecule has 2 unspecified atom stereocenters. The molecule has 2 aliphatic rings. The molecule has 0 spiro atoms. The molecule has 2 heterocycles. The van der Waals surface area contributed by atoms with Crippen molar-refractivity contribution in [3.63, 3.8) is 0 Å². The summed E-state index contributed by atoms with van der Waals surface area (Å²) in [6.45, 7) is 6.73. The van der Waals surface area contributed by atoms with Gasteiger partial charge in [-0.25, -0.2) is 4.79 Å². The molecule has 1 fully saturated rings. The molecule has 2 atom stereocenters. The predicted molar refractivity (Wildman–Crippen MR) is 95.3 cm³/mol. The first kappa shape index (κ1) is 18.4. The summed E-state index contributed by atoms with van der Waals surface area (Å²) in [5.74, 6) is 1.08. The molecule has 0 N–H and O–H groups in total. The van der Waals surface area contributed by atoms with Crippen LogP contribution < -0.4 is 9.47 Å². The minimum atomic E-state index is -0.675. The zero-order chi connectivity index (χ0) is 18.9. The van der Waals surface area contributed by atoms with Crippen molar-refractivity contribution in [2.24, 2.45) is 0 Å². The lowest BCUT2D eigenvalue weighted by atomic mass is 10.2. The summed E-state index contributed by atoms with van der Waals surface area (Å²) < 4.78 is 16.8. The molecule has 0 radical (unpaired) electrons. The van der Waals surface area contributed by atoms with Crippen molar-refractivity contribution in [2.75, 3.05) is 26.7 Å². The molecule has 3 rings (SSSR count). The number of likely N-dealkylation sites (tertiary alicyclic amines) is 1. The molecule has 1 aromatic rings. The van der Waals surface area contributed by atoms with Crippen LogP contribution in [-0.4, -0.2) is 66.3 Å². The molecule has 7 heteroatoms. The average Bonchev–Trinajstić information content (AvgIpc) is 3.09. The number of hydrogen-bond donors (Lipinski definition) is 0. The minimum absolute atomic E-state index is 0.0595. The summed E-state index contributed by atoms with van der Waals surface area (Å²) >= 11 is 0. The number of amides is 2. The van der Waals surface area contributed by atoms with Crippen LogP contribution in [0, 0.1) is 0 Å². The van der Waals surface area contributed by atoms with E-state index in [0.717, 1.165) is 0 Å². The smallest absolute Gasteiger partial charge is 0.410 e. The number of hydrogen-bond acceptors (Lipinski definition) is 5. The molecular weight excluding hydrogens is 336 g/mol. The number of fused-ring (bicyclic) bond motifs is 1. The summed E-state index contributed by atoms with van der Waals surface area (Å²) in [4.78, 5) is 28.3. The Labute approximate surface area is 153 Å². The number of carbonyl (C=O) groups is 2. The summed E-state index contributed by atoms with van der Waals surface area (Å²) in [5, 5.41) is 0. The van der Waals surface area contributed by atoms with Crippen LogP contribution in [0.15, 0.2) is 24.3 Å². The first-order valence-corrected chi connectivity index (χ1v) is 8.87. The molecule has 2 aliphatic heterocycles. The molecule has 2 amide bonds. The fourth-order valence-corrected chi connectivity index (χ4v) is 3.10. The molecule has 0 bridgehead atoms. The van der Waals surface area contributed by atoms with E-state index in [1.165, 1.54) is 0 Å². The number of rotatable bonds is 2. The minimum Gasteiger partial charge on any atom is -0.485 e. The second-order valence-corrected chi connectivity index (χ2v) is 7.68. The highest BCUT2D eigenvalue weighted by Crippen LogP contribution is 2.31. The van der Waals surface area contributed by atoms with E-state index in [-0.39, 0.29) is 24.6 Å². The SMILES string of the molecule is CN(C(=O)C1COc2ccccc2O1)C1CCN(C(=O)OC(C)(C)C)C1. The van der Waals surface area contributed by atoms with Gasteiger partial charge in [0, 0.05) is 20.1 Å². The van der Waals surface area contributed by atoms with Crippen LogP contribution in [0.5, 0.6) is 11.5 Å². The Morgan fingerprint density at radius 2 is 1.92 bits per heavy atom. The number of ether oxygens (including phenoxy) is 3. The summed E-state index contributed by atoms with van der Waals surface area (Å²) in [7, 11) is 1.75. The quantitative estimate of drug-likeness (QED) is 0.807. The van der Waals surface area contributed by atoms with E-state index in [1.807, 2.05) is 39.0 Å². The van der Waals surface area contributed by atoms with Gasteiger partial charge in [-0.1, -0.05) is 12.1 Å². The zero-order valence-corrected chi connectivity index (χ0v) is 15.7. The van der Waals surface area contributed by atoms with Gasteiger partial charge in [0.05, 0.1) is 6.04 Å². The number of para-hydroxylation sites is 2. The van der Waals surface area contributed by atoms with Crippen molar-refractivity contribution < 1.29 is 23.8 Å². The second-order valence-electron chi connectivity index (χ2n) is 7.68. The van der Waals surface area contributed by atoms with Gasteiger partial charge in [0.2, 0.25) is 6.10 Å². The van der Waals surface area contributed by atoms with Crippen molar-refractivity contribution in [1.82, 2.24) is 9.80 Å². The van der Waals surface area contributed by atoms with E-state index in [1.54, 1.807) is 22.9 Å². The summed E-state index contributed by atoms with van der Waals surface area (Å²) in [6, 6.07) is 7.24. The van der Waals surface area contributed by atoms with Crippen LogP contribution >= 0.6 is 0 Å². The van der Waals surface area contributed by atoms with Crippen LogP contribution in [0.1, 0.15) is 27.2 Å². The lowest BCUT2D eigenvalue weighted by molar-refractivity contribution is -0.141. The molecule has 1 aromatic carbocycles. The monoisotopic (exact) mass is 362 g/mol. The van der Waals surface area contributed by atoms with Gasteiger partial charge in [-0.2, -0.15) is 0 Å². The molecule has 0 aromatic heterocycles. The lowest BCUT2D eigenvalue weighted by Gasteiger charge is -2.31. The summed E-state index contributed by atoms with van der Waals surface area (Å²) in [6.07, 6.45) is -0.302. The van der Waals surface area contributed by atoms with Crippen molar-refractivity contribution in [2.45, 2.75) is 44.9 Å². The number of likely N-dealkylation sites (N-methyl/N-ethyl adjacent to an activating group) is 1. The third-order valence-corrected chi connectivity index (χ3v) is 4.49. The normalized spacial score (nSPS) is 22.1.